The summed E-state index contributed by atoms with van der Waals surface area (Å²) >= 11 is 0. The minimum absolute atomic E-state index is 0.00806. The van der Waals surface area contributed by atoms with Gasteiger partial charge in [-0.2, -0.15) is 0 Å². The Balaban J connectivity index is 1.73. The van der Waals surface area contributed by atoms with Gasteiger partial charge in [-0.3, -0.25) is 24.0 Å². The summed E-state index contributed by atoms with van der Waals surface area (Å²) in [6.07, 6.45) is 0.598. The normalized spacial score (nSPS) is 31.5. The van der Waals surface area contributed by atoms with Crippen molar-refractivity contribution in [3.63, 3.8) is 0 Å². The summed E-state index contributed by atoms with van der Waals surface area (Å²) < 4.78 is 5.31. The Labute approximate surface area is 243 Å². The molecular formula is C32H36O10. The molecule has 0 amide bonds. The Morgan fingerprint density at radius 1 is 1.02 bits per heavy atom. The fourth-order valence-electron chi connectivity index (χ4n) is 8.21. The predicted octanol–water partition coefficient (Wildman–Crippen LogP) is 3.37. The van der Waals surface area contributed by atoms with Crippen LogP contribution in [0.15, 0.2) is 29.0 Å². The molecule has 0 spiro atoms. The number of rotatable bonds is 5. The number of phenolic OH excluding ortho intramolecular Hbond substituents is 1. The molecule has 4 aliphatic rings. The molecule has 10 nitrogen and oxygen atoms in total. The molecule has 0 bridgehead atoms. The number of carbonyl (C=O) groups excluding carboxylic acids is 5. The van der Waals surface area contributed by atoms with E-state index >= 15 is 0 Å². The molecule has 4 atom stereocenters. The molecule has 1 aliphatic heterocycles. The second-order valence-corrected chi connectivity index (χ2v) is 13.0. The first-order valence-corrected chi connectivity index (χ1v) is 14.2. The summed E-state index contributed by atoms with van der Waals surface area (Å²) in [5, 5.41) is 45.8. The quantitative estimate of drug-likeness (QED) is 0.229. The monoisotopic (exact) mass is 580 g/mol. The van der Waals surface area contributed by atoms with E-state index in [2.05, 4.69) is 0 Å². The molecule has 1 heterocycles. The van der Waals surface area contributed by atoms with Crippen LogP contribution in [0.1, 0.15) is 75.4 Å². The van der Waals surface area contributed by atoms with Gasteiger partial charge in [0.05, 0.1) is 5.56 Å². The van der Waals surface area contributed by atoms with Crippen molar-refractivity contribution in [3.8, 4) is 5.75 Å². The first-order valence-electron chi connectivity index (χ1n) is 14.2. The number of ketones is 5. The number of hydrogen-bond donors (Lipinski definition) is 4. The van der Waals surface area contributed by atoms with Crippen molar-refractivity contribution in [2.45, 2.75) is 65.9 Å². The summed E-state index contributed by atoms with van der Waals surface area (Å²) in [7, 11) is 0. The van der Waals surface area contributed by atoms with Crippen molar-refractivity contribution in [1.82, 2.24) is 0 Å². The average molecular weight is 581 g/mol. The van der Waals surface area contributed by atoms with Crippen LogP contribution >= 0.6 is 0 Å². The molecule has 42 heavy (non-hydrogen) atoms. The van der Waals surface area contributed by atoms with Crippen LogP contribution < -0.4 is 0 Å². The lowest BCUT2D eigenvalue weighted by Crippen LogP contribution is -2.69. The number of aliphatic hydroxyl groups excluding tert-OH is 2. The number of hydrogen-bond acceptors (Lipinski definition) is 10. The lowest BCUT2D eigenvalue weighted by molar-refractivity contribution is -0.178. The van der Waals surface area contributed by atoms with Crippen LogP contribution in [0.4, 0.5) is 0 Å². The highest BCUT2D eigenvalue weighted by Crippen LogP contribution is 2.65. The second-order valence-electron chi connectivity index (χ2n) is 13.0. The van der Waals surface area contributed by atoms with Crippen molar-refractivity contribution < 1.29 is 49.1 Å². The van der Waals surface area contributed by atoms with Gasteiger partial charge in [-0.1, -0.05) is 27.7 Å². The number of phenols is 1. The largest absolute Gasteiger partial charge is 0.508 e. The molecule has 0 radical (unpaired) electrons. The molecule has 3 aliphatic carbocycles. The third-order valence-electron chi connectivity index (χ3n) is 9.95. The Bertz CT molecular complexity index is 1520. The lowest BCUT2D eigenvalue weighted by atomic mass is 9.43. The number of benzene rings is 1. The zero-order valence-electron chi connectivity index (χ0n) is 24.4. The fourth-order valence-corrected chi connectivity index (χ4v) is 8.21. The third kappa shape index (κ3) is 3.80. The van der Waals surface area contributed by atoms with Crippen molar-refractivity contribution in [2.24, 2.45) is 28.6 Å². The van der Waals surface area contributed by atoms with E-state index in [0.717, 1.165) is 13.0 Å². The highest BCUT2D eigenvalue weighted by atomic mass is 16.5. The Morgan fingerprint density at radius 2 is 1.64 bits per heavy atom. The van der Waals surface area contributed by atoms with Gasteiger partial charge in [-0.25, -0.2) is 0 Å². The maximum absolute atomic E-state index is 14.3. The van der Waals surface area contributed by atoms with E-state index in [4.69, 9.17) is 4.74 Å². The van der Waals surface area contributed by atoms with E-state index in [1.165, 1.54) is 13.0 Å². The molecule has 4 N–H and O–H groups in total. The van der Waals surface area contributed by atoms with Crippen molar-refractivity contribution in [1.29, 1.82) is 0 Å². The molecule has 2 fully saturated rings. The predicted molar refractivity (Wildman–Crippen MR) is 149 cm³/mol. The van der Waals surface area contributed by atoms with Crippen LogP contribution in [0.2, 0.25) is 0 Å². The van der Waals surface area contributed by atoms with Gasteiger partial charge in [0.1, 0.15) is 22.8 Å². The van der Waals surface area contributed by atoms with Crippen molar-refractivity contribution in [2.75, 3.05) is 13.2 Å². The van der Waals surface area contributed by atoms with Crippen LogP contribution in [0.3, 0.4) is 0 Å². The van der Waals surface area contributed by atoms with Crippen LogP contribution in [0.25, 0.3) is 5.76 Å². The molecule has 1 aromatic rings. The second kappa shape index (κ2) is 9.70. The van der Waals surface area contributed by atoms with Crippen molar-refractivity contribution >= 4 is 34.7 Å². The van der Waals surface area contributed by atoms with E-state index < -0.39 is 85.9 Å². The number of allylic oxidation sites excluding steroid dienone is 1. The lowest BCUT2D eigenvalue weighted by Gasteiger charge is -2.59. The Morgan fingerprint density at radius 3 is 2.21 bits per heavy atom. The summed E-state index contributed by atoms with van der Waals surface area (Å²) in [4.78, 5) is 67.2. The molecule has 1 unspecified atom stereocenters. The van der Waals surface area contributed by atoms with Gasteiger partial charge in [-0.05, 0) is 56.2 Å². The fraction of sp³-hybridized carbons (Fsp3) is 0.531. The van der Waals surface area contributed by atoms with Crippen LogP contribution in [-0.4, -0.2) is 68.2 Å². The van der Waals surface area contributed by atoms with E-state index in [1.807, 2.05) is 0 Å². The smallest absolute Gasteiger partial charge is 0.229 e. The Kier molecular flexibility index (Phi) is 6.90. The molecule has 1 aromatic carbocycles. The third-order valence-corrected chi connectivity index (χ3v) is 9.95. The van der Waals surface area contributed by atoms with E-state index in [0.29, 0.717) is 26.1 Å². The first-order chi connectivity index (χ1) is 19.5. The number of carbonyl (C=O) groups is 5. The number of aromatic hydroxyl groups is 1. The molecule has 0 aromatic heterocycles. The van der Waals surface area contributed by atoms with E-state index in [1.54, 1.807) is 20.8 Å². The van der Waals surface area contributed by atoms with Crippen molar-refractivity contribution in [3.05, 3.63) is 45.7 Å². The average Bonchev–Trinajstić information content (AvgIpc) is 2.90. The van der Waals surface area contributed by atoms with Gasteiger partial charge in [0.2, 0.25) is 17.3 Å². The Hall–Kier alpha value is -3.63. The maximum atomic E-state index is 14.3. The van der Waals surface area contributed by atoms with Gasteiger partial charge in [0, 0.05) is 47.0 Å². The molecule has 10 heteroatoms. The highest BCUT2D eigenvalue weighted by molar-refractivity contribution is 6.44. The first kappa shape index (κ1) is 29.8. The highest BCUT2D eigenvalue weighted by Gasteiger charge is 2.72. The number of ether oxygens (including phenoxy) is 1. The number of fused-ring (bicyclic) bond motifs is 3. The van der Waals surface area contributed by atoms with Crippen LogP contribution in [0.5, 0.6) is 5.75 Å². The SMILES string of the molecule is CC(=O)C1=C(O)[C@]2(O)C(=O)C3=C(O)c4c(O)ccc(C(=O)C(=O)C5CCOCC5)c4C[C@]3(C)C[C@]2(C)C(C(C)C)C1=O. The number of Topliss-reactive ketones (excluding diaryl/α,β-unsaturated/α-hetero) is 5. The summed E-state index contributed by atoms with van der Waals surface area (Å²) in [5.74, 6) is -8.17. The van der Waals surface area contributed by atoms with Crippen LogP contribution in [0, 0.1) is 28.6 Å². The number of aliphatic hydroxyl groups is 3. The molecule has 224 valence electrons. The maximum Gasteiger partial charge on any atom is 0.229 e. The van der Waals surface area contributed by atoms with E-state index in [9.17, 15) is 44.4 Å². The van der Waals surface area contributed by atoms with Gasteiger partial charge in [0.15, 0.2) is 17.2 Å². The standard InChI is InChI=1S/C32H36O10/c1-14(2)22-26(37)20(15(3)33)28(39)32(41)29(40)23-27(38)21-18(12-30(23,4)13-31(22,32)5)17(6-7-19(21)34)25(36)24(35)16-8-10-42-11-9-16/h6-7,14,16,22,34,38-39,41H,8-13H2,1-5H3/t22?,30-,31-,32+/m1/s1. The zero-order chi connectivity index (χ0) is 31.1. The van der Waals surface area contributed by atoms with E-state index in [-0.39, 0.29) is 35.1 Å². The minimum atomic E-state index is -2.72. The van der Waals surface area contributed by atoms with Gasteiger partial charge < -0.3 is 25.2 Å². The van der Waals surface area contributed by atoms with Gasteiger partial charge in [0.25, 0.3) is 0 Å². The van der Waals surface area contributed by atoms with Crippen LogP contribution in [-0.2, 0) is 30.3 Å². The molecule has 5 rings (SSSR count). The van der Waals surface area contributed by atoms with Gasteiger partial charge >= 0.3 is 0 Å². The summed E-state index contributed by atoms with van der Waals surface area (Å²) in [6.45, 7) is 8.37. The van der Waals surface area contributed by atoms with Gasteiger partial charge in [-0.15, -0.1) is 0 Å². The molecule has 1 saturated heterocycles. The minimum Gasteiger partial charge on any atom is -0.508 e. The summed E-state index contributed by atoms with van der Waals surface area (Å²) in [5.41, 5.74) is -6.62. The molecule has 1 saturated carbocycles. The zero-order valence-corrected chi connectivity index (χ0v) is 24.4. The topological polar surface area (TPSA) is 175 Å². The molecular weight excluding hydrogens is 544 g/mol. The summed E-state index contributed by atoms with van der Waals surface area (Å²) in [6, 6.07) is 2.49.